The third kappa shape index (κ3) is 6.40. The van der Waals surface area contributed by atoms with Crippen LogP contribution in [0.2, 0.25) is 0 Å². The maximum atomic E-state index is 14.1. The Morgan fingerprint density at radius 1 is 1.02 bits per heavy atom. The number of carbonyl (C=O) groups excluding carboxylic acids is 1. The van der Waals surface area contributed by atoms with Gasteiger partial charge >= 0.3 is 0 Å². The molecule has 4 rings (SSSR count). The number of carbonyl (C=O) groups is 1. The maximum absolute atomic E-state index is 14.1. The van der Waals surface area contributed by atoms with Gasteiger partial charge in [-0.3, -0.25) is 4.79 Å². The van der Waals surface area contributed by atoms with Crippen LogP contribution >= 0.6 is 0 Å². The summed E-state index contributed by atoms with van der Waals surface area (Å²) in [6, 6.07) is 20.8. The van der Waals surface area contributed by atoms with Gasteiger partial charge in [-0.1, -0.05) is 63.2 Å². The third-order valence-corrected chi connectivity index (χ3v) is 9.17. The van der Waals surface area contributed by atoms with E-state index in [2.05, 4.69) is 5.32 Å². The number of aryl methyl sites for hydroxylation is 1. The molecule has 0 fully saturated rings. The Kier molecular flexibility index (Phi) is 9.02. The van der Waals surface area contributed by atoms with Crippen molar-refractivity contribution in [3.8, 4) is 5.75 Å². The fraction of sp³-hybridized carbons (Fsp3) is 0.406. The highest BCUT2D eigenvalue weighted by atomic mass is 32.2. The Balaban J connectivity index is 1.71. The quantitative estimate of drug-likeness (QED) is 0.356. The second kappa shape index (κ2) is 12.1. The maximum Gasteiger partial charge on any atom is 0.251 e. The van der Waals surface area contributed by atoms with Crippen molar-refractivity contribution < 1.29 is 23.1 Å². The lowest BCUT2D eigenvalue weighted by Crippen LogP contribution is -2.55. The van der Waals surface area contributed by atoms with E-state index in [4.69, 9.17) is 4.74 Å². The zero-order chi connectivity index (χ0) is 29.1. The molecule has 7 nitrogen and oxygen atoms in total. The minimum Gasteiger partial charge on any atom is -0.485 e. The molecule has 8 heteroatoms. The number of nitrogens with zero attached hydrogens (tertiary/aromatic N) is 1. The number of ether oxygens (including phenoxy) is 1. The van der Waals surface area contributed by atoms with Gasteiger partial charge in [-0.15, -0.1) is 0 Å². The number of hydrogen-bond donors (Lipinski definition) is 2. The van der Waals surface area contributed by atoms with E-state index >= 15 is 0 Å². The second-order valence-corrected chi connectivity index (χ2v) is 13.2. The van der Waals surface area contributed by atoms with E-state index in [1.54, 1.807) is 44.2 Å². The normalized spacial score (nSPS) is 18.3. The summed E-state index contributed by atoms with van der Waals surface area (Å²) in [7, 11) is -4.01. The minimum atomic E-state index is -4.01. The Hall–Kier alpha value is -3.20. The molecule has 1 aliphatic rings. The molecule has 1 heterocycles. The van der Waals surface area contributed by atoms with Gasteiger partial charge in [0, 0.05) is 24.2 Å². The number of fused-ring (bicyclic) bond motifs is 1. The third-order valence-electron chi connectivity index (χ3n) is 7.31. The molecule has 1 amide bonds. The van der Waals surface area contributed by atoms with Crippen LogP contribution in [-0.4, -0.2) is 48.5 Å². The summed E-state index contributed by atoms with van der Waals surface area (Å²) in [6.07, 6.45) is 0.305. The first-order valence-electron chi connectivity index (χ1n) is 13.9. The van der Waals surface area contributed by atoms with Gasteiger partial charge in [-0.2, -0.15) is 4.31 Å². The zero-order valence-electron chi connectivity index (χ0n) is 23.9. The lowest BCUT2D eigenvalue weighted by molar-refractivity contribution is -0.0801. The Morgan fingerprint density at radius 3 is 2.33 bits per heavy atom. The molecule has 1 aliphatic heterocycles. The molecule has 0 radical (unpaired) electrons. The van der Waals surface area contributed by atoms with Gasteiger partial charge in [-0.05, 0) is 74.1 Å². The highest BCUT2D eigenvalue weighted by Gasteiger charge is 2.49. The Morgan fingerprint density at radius 2 is 1.70 bits per heavy atom. The number of hydrogen-bond acceptors (Lipinski definition) is 5. The van der Waals surface area contributed by atoms with E-state index in [1.807, 2.05) is 63.2 Å². The van der Waals surface area contributed by atoms with Gasteiger partial charge in [-0.25, -0.2) is 8.42 Å². The number of aliphatic hydroxyl groups excluding tert-OH is 1. The SMILES string of the molecule is CCc1ccc(S(=O)(=O)N(CC(C)C)[C@@H]2c3cc(C(=O)NCCc4ccccc4)ccc3OC(C)(C)[C@H]2O)cc1. The fourth-order valence-electron chi connectivity index (χ4n) is 5.04. The van der Waals surface area contributed by atoms with Crippen molar-refractivity contribution in [3.63, 3.8) is 0 Å². The first kappa shape index (κ1) is 29.8. The topological polar surface area (TPSA) is 95.9 Å². The van der Waals surface area contributed by atoms with Crippen LogP contribution in [0.1, 0.15) is 67.7 Å². The largest absolute Gasteiger partial charge is 0.485 e. The van der Waals surface area contributed by atoms with Crippen LogP contribution in [0.4, 0.5) is 0 Å². The van der Waals surface area contributed by atoms with Crippen molar-refractivity contribution in [1.82, 2.24) is 9.62 Å². The van der Waals surface area contributed by atoms with Crippen LogP contribution in [0.15, 0.2) is 77.7 Å². The molecule has 0 aromatic heterocycles. The summed E-state index contributed by atoms with van der Waals surface area (Å²) >= 11 is 0. The van der Waals surface area contributed by atoms with Crippen molar-refractivity contribution in [2.24, 2.45) is 5.92 Å². The standard InChI is InChI=1S/C32H40N2O5S/c1-6-23-12-15-26(16-13-23)40(37,38)34(21-22(2)3)29-27-20-25(14-17-28(27)39-32(4,5)30(29)35)31(36)33-19-18-24-10-8-7-9-11-24/h7-17,20,22,29-30,35H,6,18-19,21H2,1-5H3,(H,33,36)/t29-,30+/m1/s1. The van der Waals surface area contributed by atoms with Crippen molar-refractivity contribution in [2.75, 3.05) is 13.1 Å². The first-order valence-corrected chi connectivity index (χ1v) is 15.3. The lowest BCUT2D eigenvalue weighted by atomic mass is 9.85. The summed E-state index contributed by atoms with van der Waals surface area (Å²) in [5.74, 6) is 0.160. The number of rotatable bonds is 10. The molecule has 3 aromatic rings. The lowest BCUT2D eigenvalue weighted by Gasteiger charge is -2.46. The summed E-state index contributed by atoms with van der Waals surface area (Å²) in [4.78, 5) is 13.3. The summed E-state index contributed by atoms with van der Waals surface area (Å²) < 4.78 is 35.8. The monoisotopic (exact) mass is 564 g/mol. The van der Waals surface area contributed by atoms with Gasteiger partial charge in [0.15, 0.2) is 0 Å². The minimum absolute atomic E-state index is 0.0178. The van der Waals surface area contributed by atoms with Crippen LogP contribution < -0.4 is 10.1 Å². The van der Waals surface area contributed by atoms with Gasteiger partial charge in [0.25, 0.3) is 5.91 Å². The molecule has 40 heavy (non-hydrogen) atoms. The molecule has 0 aliphatic carbocycles. The highest BCUT2D eigenvalue weighted by Crippen LogP contribution is 2.45. The van der Waals surface area contributed by atoms with E-state index < -0.39 is 27.8 Å². The van der Waals surface area contributed by atoms with E-state index in [0.29, 0.717) is 29.8 Å². The summed E-state index contributed by atoms with van der Waals surface area (Å²) in [5.41, 5.74) is 1.94. The number of sulfonamides is 1. The summed E-state index contributed by atoms with van der Waals surface area (Å²) in [6.45, 7) is 10.0. The van der Waals surface area contributed by atoms with Crippen LogP contribution in [0.3, 0.4) is 0 Å². The Labute approximate surface area is 238 Å². The molecule has 2 N–H and O–H groups in total. The number of amides is 1. The summed E-state index contributed by atoms with van der Waals surface area (Å²) in [5, 5.41) is 14.5. The van der Waals surface area contributed by atoms with Crippen LogP contribution in [0.25, 0.3) is 0 Å². The molecular formula is C32H40N2O5S. The second-order valence-electron chi connectivity index (χ2n) is 11.3. The van der Waals surface area contributed by atoms with Gasteiger partial charge in [0.2, 0.25) is 10.0 Å². The highest BCUT2D eigenvalue weighted by molar-refractivity contribution is 7.89. The van der Waals surface area contributed by atoms with E-state index in [-0.39, 0.29) is 23.3 Å². The average molecular weight is 565 g/mol. The van der Waals surface area contributed by atoms with Crippen LogP contribution in [-0.2, 0) is 22.9 Å². The van der Waals surface area contributed by atoms with Crippen molar-refractivity contribution in [2.45, 2.75) is 70.1 Å². The number of aliphatic hydroxyl groups is 1. The van der Waals surface area contributed by atoms with E-state index in [0.717, 1.165) is 17.5 Å². The molecule has 2 atom stereocenters. The predicted molar refractivity (Wildman–Crippen MR) is 157 cm³/mol. The van der Waals surface area contributed by atoms with Crippen LogP contribution in [0.5, 0.6) is 5.75 Å². The molecule has 0 saturated carbocycles. The van der Waals surface area contributed by atoms with Gasteiger partial charge in [0.1, 0.15) is 17.5 Å². The molecule has 0 spiro atoms. The van der Waals surface area contributed by atoms with Gasteiger partial charge < -0.3 is 15.2 Å². The number of nitrogens with one attached hydrogen (secondary N) is 1. The number of benzene rings is 3. The van der Waals surface area contributed by atoms with Crippen molar-refractivity contribution in [1.29, 1.82) is 0 Å². The molecule has 3 aromatic carbocycles. The molecule has 0 bridgehead atoms. The van der Waals surface area contributed by atoms with Crippen molar-refractivity contribution >= 4 is 15.9 Å². The van der Waals surface area contributed by atoms with E-state index in [1.165, 1.54) is 4.31 Å². The first-order chi connectivity index (χ1) is 18.9. The van der Waals surface area contributed by atoms with Gasteiger partial charge in [0.05, 0.1) is 10.9 Å². The molecule has 214 valence electrons. The average Bonchev–Trinajstić information content (AvgIpc) is 2.93. The van der Waals surface area contributed by atoms with E-state index in [9.17, 15) is 18.3 Å². The fourth-order valence-corrected chi connectivity index (χ4v) is 6.81. The predicted octanol–water partition coefficient (Wildman–Crippen LogP) is 5.14. The smallest absolute Gasteiger partial charge is 0.251 e. The van der Waals surface area contributed by atoms with Crippen molar-refractivity contribution in [3.05, 3.63) is 95.1 Å². The molecular weight excluding hydrogens is 524 g/mol. The Bertz CT molecular complexity index is 1420. The molecule has 0 saturated heterocycles. The zero-order valence-corrected chi connectivity index (χ0v) is 24.7. The van der Waals surface area contributed by atoms with Crippen LogP contribution in [0, 0.1) is 5.92 Å². The molecule has 0 unspecified atom stereocenters.